The number of hydrogen-bond acceptors (Lipinski definition) is 2. The van der Waals surface area contributed by atoms with Crippen LogP contribution in [0.1, 0.15) is 49.7 Å². The van der Waals surface area contributed by atoms with Crippen molar-refractivity contribution >= 4 is 0 Å². The van der Waals surface area contributed by atoms with E-state index in [1.54, 1.807) is 0 Å². The summed E-state index contributed by atoms with van der Waals surface area (Å²) in [7, 11) is 6.67. The summed E-state index contributed by atoms with van der Waals surface area (Å²) >= 11 is 0. The van der Waals surface area contributed by atoms with Gasteiger partial charge in [-0.1, -0.05) is 55.5 Å². The van der Waals surface area contributed by atoms with E-state index in [2.05, 4.69) is 62.5 Å². The minimum Gasteiger partial charge on any atom is -0.315 e. The topological polar surface area (TPSA) is 15.3 Å². The molecule has 0 amide bonds. The Morgan fingerprint density at radius 1 is 1.05 bits per heavy atom. The molecule has 2 rings (SSSR count). The zero-order valence-corrected chi connectivity index (χ0v) is 14.3. The first-order valence-electron chi connectivity index (χ1n) is 8.49. The average Bonchev–Trinajstić information content (AvgIpc) is 2.73. The normalized spacial score (nSPS) is 20.2. The van der Waals surface area contributed by atoms with E-state index in [0.29, 0.717) is 11.6 Å². The monoisotopic (exact) mass is 288 g/mol. The maximum Gasteiger partial charge on any atom is 0.0359 e. The smallest absolute Gasteiger partial charge is 0.0359 e. The number of nitrogens with zero attached hydrogens (tertiary/aromatic N) is 1. The maximum absolute atomic E-state index is 3.64. The van der Waals surface area contributed by atoms with Crippen molar-refractivity contribution in [3.8, 4) is 0 Å². The fourth-order valence-corrected chi connectivity index (χ4v) is 3.97. The minimum absolute atomic E-state index is 0.302. The van der Waals surface area contributed by atoms with Crippen LogP contribution in [-0.4, -0.2) is 37.6 Å². The van der Waals surface area contributed by atoms with Gasteiger partial charge in [-0.25, -0.2) is 0 Å². The van der Waals surface area contributed by atoms with Crippen molar-refractivity contribution < 1.29 is 0 Å². The van der Waals surface area contributed by atoms with Gasteiger partial charge in [-0.2, -0.15) is 0 Å². The van der Waals surface area contributed by atoms with Gasteiger partial charge in [0.05, 0.1) is 0 Å². The molecule has 0 aliphatic heterocycles. The van der Waals surface area contributed by atoms with Gasteiger partial charge in [0.2, 0.25) is 0 Å². The third-order valence-corrected chi connectivity index (χ3v) is 5.42. The predicted molar refractivity (Wildman–Crippen MR) is 91.9 cm³/mol. The van der Waals surface area contributed by atoms with Crippen LogP contribution in [0.5, 0.6) is 0 Å². The Labute approximate surface area is 130 Å². The van der Waals surface area contributed by atoms with Crippen LogP contribution in [0.15, 0.2) is 24.3 Å². The molecule has 0 saturated heterocycles. The van der Waals surface area contributed by atoms with Crippen molar-refractivity contribution in [2.75, 3.05) is 21.1 Å². The molecule has 1 saturated carbocycles. The van der Waals surface area contributed by atoms with Gasteiger partial charge < -0.3 is 10.2 Å². The Balaban J connectivity index is 2.20. The highest BCUT2D eigenvalue weighted by Crippen LogP contribution is 2.35. The van der Waals surface area contributed by atoms with Crippen molar-refractivity contribution in [1.29, 1.82) is 0 Å². The van der Waals surface area contributed by atoms with Crippen LogP contribution in [0.2, 0.25) is 0 Å². The standard InChI is InChI=1S/C19H32N2/c1-16-9-11-17(12-10-16)15-18(20-2)19(21(3)4)13-7-5-6-8-14-19/h9-12,18,20H,5-8,13-15H2,1-4H3. The molecule has 1 aliphatic rings. The van der Waals surface area contributed by atoms with Crippen molar-refractivity contribution in [3.05, 3.63) is 35.4 Å². The lowest BCUT2D eigenvalue weighted by Crippen LogP contribution is -2.59. The molecular formula is C19H32N2. The van der Waals surface area contributed by atoms with E-state index < -0.39 is 0 Å². The van der Waals surface area contributed by atoms with Gasteiger partial charge in [0, 0.05) is 11.6 Å². The van der Waals surface area contributed by atoms with Crippen molar-refractivity contribution in [3.63, 3.8) is 0 Å². The maximum atomic E-state index is 3.64. The molecule has 2 nitrogen and oxygen atoms in total. The highest BCUT2D eigenvalue weighted by atomic mass is 15.2. The number of aryl methyl sites for hydroxylation is 1. The third kappa shape index (κ3) is 3.87. The van der Waals surface area contributed by atoms with Gasteiger partial charge >= 0.3 is 0 Å². The SMILES string of the molecule is CNC(Cc1ccc(C)cc1)C1(N(C)C)CCCCCC1. The zero-order valence-electron chi connectivity index (χ0n) is 14.3. The fraction of sp³-hybridized carbons (Fsp3) is 0.684. The highest BCUT2D eigenvalue weighted by molar-refractivity contribution is 5.23. The van der Waals surface area contributed by atoms with Crippen molar-refractivity contribution in [2.45, 2.75) is 63.5 Å². The summed E-state index contributed by atoms with van der Waals surface area (Å²) in [4.78, 5) is 2.49. The van der Waals surface area contributed by atoms with Gasteiger partial charge in [-0.15, -0.1) is 0 Å². The van der Waals surface area contributed by atoms with Crippen LogP contribution in [0.3, 0.4) is 0 Å². The lowest BCUT2D eigenvalue weighted by Gasteiger charge is -2.46. The minimum atomic E-state index is 0.302. The number of hydrogen-bond donors (Lipinski definition) is 1. The van der Waals surface area contributed by atoms with E-state index in [-0.39, 0.29) is 0 Å². The molecule has 1 unspecified atom stereocenters. The molecule has 0 aromatic heterocycles. The molecule has 1 aromatic carbocycles. The van der Waals surface area contributed by atoms with E-state index in [9.17, 15) is 0 Å². The van der Waals surface area contributed by atoms with E-state index in [1.165, 1.54) is 49.7 Å². The summed E-state index contributed by atoms with van der Waals surface area (Å²) in [5.41, 5.74) is 3.10. The number of rotatable bonds is 5. The lowest BCUT2D eigenvalue weighted by molar-refractivity contribution is 0.0835. The summed E-state index contributed by atoms with van der Waals surface area (Å²) < 4.78 is 0. The zero-order chi connectivity index (χ0) is 15.3. The summed E-state index contributed by atoms with van der Waals surface area (Å²) in [6, 6.07) is 9.57. The lowest BCUT2D eigenvalue weighted by atomic mass is 9.78. The molecule has 118 valence electrons. The molecule has 1 fully saturated rings. The molecule has 21 heavy (non-hydrogen) atoms. The van der Waals surface area contributed by atoms with E-state index in [0.717, 1.165) is 6.42 Å². The number of nitrogens with one attached hydrogen (secondary N) is 1. The molecule has 2 heteroatoms. The largest absolute Gasteiger partial charge is 0.315 e. The second-order valence-corrected chi connectivity index (χ2v) is 6.94. The highest BCUT2D eigenvalue weighted by Gasteiger charge is 2.40. The van der Waals surface area contributed by atoms with E-state index in [1.807, 2.05) is 0 Å². The molecule has 0 bridgehead atoms. The molecule has 0 radical (unpaired) electrons. The Hall–Kier alpha value is -0.860. The Morgan fingerprint density at radius 2 is 1.62 bits per heavy atom. The first-order valence-corrected chi connectivity index (χ1v) is 8.49. The first kappa shape index (κ1) is 16.5. The fourth-order valence-electron chi connectivity index (χ4n) is 3.97. The van der Waals surface area contributed by atoms with Crippen molar-refractivity contribution in [1.82, 2.24) is 10.2 Å². The van der Waals surface area contributed by atoms with Crippen LogP contribution in [0, 0.1) is 6.92 Å². The first-order chi connectivity index (χ1) is 10.1. The van der Waals surface area contributed by atoms with Crippen LogP contribution < -0.4 is 5.32 Å². The Kier molecular flexibility index (Phi) is 5.83. The molecular weight excluding hydrogens is 256 g/mol. The third-order valence-electron chi connectivity index (χ3n) is 5.42. The van der Waals surface area contributed by atoms with Crippen LogP contribution in [0.4, 0.5) is 0 Å². The molecule has 1 aromatic rings. The molecule has 0 spiro atoms. The van der Waals surface area contributed by atoms with Gasteiger partial charge in [0.1, 0.15) is 0 Å². The van der Waals surface area contributed by atoms with Crippen LogP contribution >= 0.6 is 0 Å². The van der Waals surface area contributed by atoms with E-state index >= 15 is 0 Å². The van der Waals surface area contributed by atoms with Gasteiger partial charge in [-0.3, -0.25) is 0 Å². The summed E-state index contributed by atoms with van der Waals surface area (Å²) in [6.45, 7) is 2.16. The second-order valence-electron chi connectivity index (χ2n) is 6.94. The number of likely N-dealkylation sites (N-methyl/N-ethyl adjacent to an activating group) is 2. The average molecular weight is 288 g/mol. The van der Waals surface area contributed by atoms with Gasteiger partial charge in [0.15, 0.2) is 0 Å². The summed E-state index contributed by atoms with van der Waals surface area (Å²) in [5.74, 6) is 0. The van der Waals surface area contributed by atoms with E-state index in [4.69, 9.17) is 0 Å². The Bertz CT molecular complexity index is 414. The molecule has 1 atom stereocenters. The molecule has 1 aliphatic carbocycles. The van der Waals surface area contributed by atoms with Crippen molar-refractivity contribution in [2.24, 2.45) is 0 Å². The summed E-state index contributed by atoms with van der Waals surface area (Å²) in [5, 5.41) is 3.64. The molecule has 0 heterocycles. The van der Waals surface area contributed by atoms with Gasteiger partial charge in [0.25, 0.3) is 0 Å². The second kappa shape index (κ2) is 7.42. The quantitative estimate of drug-likeness (QED) is 0.830. The van der Waals surface area contributed by atoms with Crippen LogP contribution in [-0.2, 0) is 6.42 Å². The number of benzene rings is 1. The van der Waals surface area contributed by atoms with Gasteiger partial charge in [-0.05, 0) is 52.9 Å². The summed E-state index contributed by atoms with van der Waals surface area (Å²) in [6.07, 6.45) is 9.28. The Morgan fingerprint density at radius 3 is 2.10 bits per heavy atom. The molecule has 1 N–H and O–H groups in total. The van der Waals surface area contributed by atoms with Crippen LogP contribution in [0.25, 0.3) is 0 Å². The predicted octanol–water partition coefficient (Wildman–Crippen LogP) is 3.78.